The van der Waals surface area contributed by atoms with Gasteiger partial charge in [-0.15, -0.1) is 0 Å². The van der Waals surface area contributed by atoms with Crippen LogP contribution in [0, 0.1) is 11.8 Å². The Morgan fingerprint density at radius 1 is 0.863 bits per heavy atom. The van der Waals surface area contributed by atoms with E-state index in [9.17, 15) is 13.2 Å². The zero-order valence-electron chi connectivity index (χ0n) is 28.8. The molecule has 4 rings (SSSR count). The van der Waals surface area contributed by atoms with Crippen molar-refractivity contribution in [1.29, 1.82) is 0 Å². The van der Waals surface area contributed by atoms with E-state index in [2.05, 4.69) is 21.9 Å². The molecule has 14 heteroatoms. The summed E-state index contributed by atoms with van der Waals surface area (Å²) in [6.45, 7) is 5.43. The van der Waals surface area contributed by atoms with E-state index in [1.165, 1.54) is 12.1 Å². The molecule has 0 radical (unpaired) electrons. The first-order valence-electron chi connectivity index (χ1n) is 16.8. The maximum absolute atomic E-state index is 14.4. The van der Waals surface area contributed by atoms with E-state index in [0.29, 0.717) is 19.1 Å². The molecule has 0 N–H and O–H groups in total. The molecule has 1 aliphatic heterocycles. The number of nitrogens with zero attached hydrogens (tertiary/aromatic N) is 4. The Morgan fingerprint density at radius 2 is 1.43 bits per heavy atom. The number of aliphatic imine (C=N–C) groups is 1. The number of hydrogen-bond acceptors (Lipinski definition) is 9. The van der Waals surface area contributed by atoms with Crippen LogP contribution in [0.25, 0.3) is 10.4 Å². The highest BCUT2D eigenvalue weighted by molar-refractivity contribution is 8.00. The van der Waals surface area contributed by atoms with E-state index < -0.39 is 42.6 Å². The molecule has 51 heavy (non-hydrogen) atoms. The number of rotatable bonds is 20. The van der Waals surface area contributed by atoms with Gasteiger partial charge in [0.2, 0.25) is 6.29 Å². The van der Waals surface area contributed by atoms with Gasteiger partial charge in [-0.3, -0.25) is 0 Å². The molecule has 9 nitrogen and oxygen atoms in total. The second kappa shape index (κ2) is 22.0. The third-order valence-corrected chi connectivity index (χ3v) is 10.4. The Balaban J connectivity index is 1.48. The minimum Gasteiger partial charge on any atom is -0.441 e. The van der Waals surface area contributed by atoms with Crippen molar-refractivity contribution in [2.45, 2.75) is 57.8 Å². The van der Waals surface area contributed by atoms with Gasteiger partial charge >= 0.3 is 6.18 Å². The number of para-hydroxylation sites is 1. The average molecular weight is 747 g/mol. The van der Waals surface area contributed by atoms with Crippen molar-refractivity contribution in [2.75, 3.05) is 42.8 Å². The molecular weight excluding hydrogens is 702 g/mol. The fraction of sp³-hybridized carbons (Fsp3) is 0.486. The monoisotopic (exact) mass is 746 g/mol. The zero-order valence-corrected chi connectivity index (χ0v) is 30.4. The van der Waals surface area contributed by atoms with Crippen LogP contribution in [0.5, 0.6) is 0 Å². The first kappa shape index (κ1) is 40.5. The van der Waals surface area contributed by atoms with Crippen LogP contribution in [0.4, 0.5) is 18.9 Å². The van der Waals surface area contributed by atoms with Gasteiger partial charge in [0.05, 0.1) is 38.2 Å². The van der Waals surface area contributed by atoms with Gasteiger partial charge in [0.25, 0.3) is 5.90 Å². The summed E-state index contributed by atoms with van der Waals surface area (Å²) in [5.74, 6) is 2.01. The van der Waals surface area contributed by atoms with Crippen molar-refractivity contribution in [3.05, 3.63) is 113 Å². The normalized spacial score (nSPS) is 21.5. The quantitative estimate of drug-likeness (QED) is 0.0283. The maximum Gasteiger partial charge on any atom is 0.468 e. The Kier molecular flexibility index (Phi) is 17.5. The predicted octanol–water partition coefficient (Wildman–Crippen LogP) is 9.26. The third kappa shape index (κ3) is 14.4. The number of benzene rings is 3. The van der Waals surface area contributed by atoms with Gasteiger partial charge in [0, 0.05) is 23.1 Å². The van der Waals surface area contributed by atoms with Crippen molar-refractivity contribution in [3.63, 3.8) is 0 Å². The van der Waals surface area contributed by atoms with Gasteiger partial charge in [0.1, 0.15) is 12.2 Å². The Labute approximate surface area is 306 Å². The number of alkyl halides is 3. The molecule has 0 spiro atoms. The lowest BCUT2D eigenvalue weighted by molar-refractivity contribution is -0.292. The molecule has 0 aliphatic carbocycles. The molecule has 276 valence electrons. The molecule has 0 bridgehead atoms. The molecule has 1 saturated heterocycles. The van der Waals surface area contributed by atoms with Crippen LogP contribution in [-0.4, -0.2) is 79.4 Å². The first-order chi connectivity index (χ1) is 24.7. The number of ether oxygens (including phenoxy) is 5. The number of azide groups is 1. The van der Waals surface area contributed by atoms with Gasteiger partial charge in [-0.05, 0) is 52.0 Å². The van der Waals surface area contributed by atoms with Crippen molar-refractivity contribution in [2.24, 2.45) is 21.9 Å². The van der Waals surface area contributed by atoms with Crippen LogP contribution >= 0.6 is 23.5 Å². The lowest BCUT2D eigenvalue weighted by atomic mass is 9.90. The van der Waals surface area contributed by atoms with Crippen LogP contribution < -0.4 is 0 Å². The molecule has 1 heterocycles. The largest absolute Gasteiger partial charge is 0.468 e. The van der Waals surface area contributed by atoms with E-state index in [4.69, 9.17) is 29.2 Å². The molecule has 0 saturated carbocycles. The Hall–Kier alpha value is -3.23. The minimum atomic E-state index is -4.89. The average Bonchev–Trinajstić information content (AvgIpc) is 3.13. The fourth-order valence-corrected chi connectivity index (χ4v) is 7.29. The minimum absolute atomic E-state index is 0.0810. The standard InChI is InChI=1S/C37H45F3N4O5S2/c1-27(25-50-20-18-42-44-41)26-51-21-19-45-24-32-33(46-22-29-12-6-3-7-13-29)28(2)34(47-23-30-14-8-4-9-15-30)35(48-32)49-36(37(38,39)40)43-31-16-10-5-11-17-31/h3-17,27-28,32-35H,18-26H2,1-2H3/t27?,28-,32?,33+,34?,35-/m0/s1. The highest BCUT2D eigenvalue weighted by Gasteiger charge is 2.49. The smallest absolute Gasteiger partial charge is 0.441 e. The van der Waals surface area contributed by atoms with Crippen molar-refractivity contribution in [3.8, 4) is 0 Å². The first-order valence-corrected chi connectivity index (χ1v) is 19.1. The van der Waals surface area contributed by atoms with E-state index in [1.54, 1.807) is 41.7 Å². The summed E-state index contributed by atoms with van der Waals surface area (Å²) < 4.78 is 73.9. The van der Waals surface area contributed by atoms with Crippen LogP contribution in [0.3, 0.4) is 0 Å². The molecule has 3 unspecified atom stereocenters. The SMILES string of the molecule is CC(CSCCN=[N+]=[N-])CSCCOCC1O[C@@H](OC(=Nc2ccccc2)C(F)(F)F)C(OCc2ccccc2)[C@@H](C)[C@H]1OCc1ccccc1. The molecule has 0 amide bonds. The molecule has 1 fully saturated rings. The maximum atomic E-state index is 14.4. The summed E-state index contributed by atoms with van der Waals surface area (Å²) in [7, 11) is 0. The van der Waals surface area contributed by atoms with Crippen molar-refractivity contribution in [1.82, 2.24) is 0 Å². The fourth-order valence-electron chi connectivity index (χ4n) is 5.32. The predicted molar refractivity (Wildman–Crippen MR) is 197 cm³/mol. The van der Waals surface area contributed by atoms with Crippen LogP contribution in [0.15, 0.2) is 101 Å². The second-order valence-electron chi connectivity index (χ2n) is 12.1. The van der Waals surface area contributed by atoms with Gasteiger partial charge in [-0.1, -0.05) is 97.8 Å². The molecule has 3 aromatic carbocycles. The molecule has 6 atom stereocenters. The zero-order chi connectivity index (χ0) is 36.3. The third-order valence-electron chi connectivity index (χ3n) is 7.87. The molecule has 0 aromatic heterocycles. The lowest BCUT2D eigenvalue weighted by Crippen LogP contribution is -2.58. The van der Waals surface area contributed by atoms with Gasteiger partial charge in [-0.2, -0.15) is 36.7 Å². The Morgan fingerprint density at radius 3 is 2.02 bits per heavy atom. The number of hydrogen-bond donors (Lipinski definition) is 0. The summed E-state index contributed by atoms with van der Waals surface area (Å²) in [4.78, 5) is 6.59. The number of thioether (sulfide) groups is 2. The van der Waals surface area contributed by atoms with E-state index in [1.807, 2.05) is 67.6 Å². The topological polar surface area (TPSA) is 107 Å². The van der Waals surface area contributed by atoms with Crippen molar-refractivity contribution >= 4 is 35.1 Å². The Bertz CT molecular complexity index is 1490. The van der Waals surface area contributed by atoms with E-state index in [-0.39, 0.29) is 25.5 Å². The summed E-state index contributed by atoms with van der Waals surface area (Å²) in [6, 6.07) is 26.9. The van der Waals surface area contributed by atoms with E-state index >= 15 is 0 Å². The van der Waals surface area contributed by atoms with Crippen LogP contribution in [0.1, 0.15) is 25.0 Å². The van der Waals surface area contributed by atoms with E-state index in [0.717, 1.165) is 34.1 Å². The summed E-state index contributed by atoms with van der Waals surface area (Å²) >= 11 is 3.52. The molecule has 1 aliphatic rings. The van der Waals surface area contributed by atoms with Gasteiger partial charge in [-0.25, -0.2) is 4.99 Å². The summed E-state index contributed by atoms with van der Waals surface area (Å²) in [5, 5.41) is 3.56. The number of halogens is 3. The summed E-state index contributed by atoms with van der Waals surface area (Å²) in [5.41, 5.74) is 10.3. The molecular formula is C37H45F3N4O5S2. The highest BCUT2D eigenvalue weighted by atomic mass is 32.2. The van der Waals surface area contributed by atoms with Gasteiger partial charge in [0.15, 0.2) is 0 Å². The lowest BCUT2D eigenvalue weighted by Gasteiger charge is -2.45. The van der Waals surface area contributed by atoms with Gasteiger partial charge < -0.3 is 23.7 Å². The van der Waals surface area contributed by atoms with Crippen LogP contribution in [0.2, 0.25) is 0 Å². The highest BCUT2D eigenvalue weighted by Crippen LogP contribution is 2.35. The molecule has 3 aromatic rings. The second-order valence-corrected chi connectivity index (χ2v) is 14.4. The van der Waals surface area contributed by atoms with Crippen LogP contribution in [-0.2, 0) is 36.9 Å². The van der Waals surface area contributed by atoms with Crippen molar-refractivity contribution < 1.29 is 36.9 Å². The summed E-state index contributed by atoms with van der Waals surface area (Å²) in [6.07, 6.45) is -8.62.